The van der Waals surface area contributed by atoms with Gasteiger partial charge in [-0.2, -0.15) is 17.6 Å². The van der Waals surface area contributed by atoms with Gasteiger partial charge < -0.3 is 4.55 Å². The molecule has 0 aliphatic heterocycles. The Hall–Kier alpha value is -0.781. The number of hydrogen-bond acceptors (Lipinski definition) is 2. The maximum atomic E-state index is 13.1. The fourth-order valence-electron chi connectivity index (χ4n) is 1.13. The minimum Gasteiger partial charge on any atom is -0.768 e. The summed E-state index contributed by atoms with van der Waals surface area (Å²) in [6, 6.07) is 0. The molecule has 1 atom stereocenters. The molecule has 0 aliphatic carbocycles. The second-order valence-corrected chi connectivity index (χ2v) is 4.25. The molecule has 0 saturated heterocycles. The van der Waals surface area contributed by atoms with E-state index in [9.17, 15) is 48.3 Å². The summed E-state index contributed by atoms with van der Waals surface area (Å²) in [5.41, 5.74) is -3.23. The van der Waals surface area contributed by atoms with E-state index in [-0.39, 0.29) is 17.1 Å². The summed E-state index contributed by atoms with van der Waals surface area (Å²) < 4.78 is 135. The van der Waals surface area contributed by atoms with Gasteiger partial charge in [-0.15, -0.1) is 0 Å². The Morgan fingerprint density at radius 3 is 1.33 bits per heavy atom. The molecule has 0 radical (unpaired) electrons. The second-order valence-electron chi connectivity index (χ2n) is 3.27. The van der Waals surface area contributed by atoms with Crippen LogP contribution in [-0.2, 0) is 34.1 Å². The van der Waals surface area contributed by atoms with Crippen molar-refractivity contribution in [2.75, 3.05) is 0 Å². The first-order chi connectivity index (χ1) is 8.87. The molecule has 0 saturated carbocycles. The molecule has 2 nitrogen and oxygen atoms in total. The van der Waals surface area contributed by atoms with Gasteiger partial charge in [0.05, 0.1) is 0 Å². The Balaban J connectivity index is 0.00000400. The molecule has 13 heteroatoms. The Bertz CT molecular complexity index is 563. The van der Waals surface area contributed by atoms with E-state index in [2.05, 4.69) is 0 Å². The normalized spacial score (nSPS) is 13.8. The Morgan fingerprint density at radius 1 is 0.762 bits per heavy atom. The summed E-state index contributed by atoms with van der Waals surface area (Å²) in [5.74, 6) is -21.4. The van der Waals surface area contributed by atoms with Gasteiger partial charge in [0.2, 0.25) is 5.82 Å². The predicted octanol–water partition coefficient (Wildman–Crippen LogP) is 2.94. The predicted molar refractivity (Wildman–Crippen MR) is 44.0 cm³/mol. The van der Waals surface area contributed by atoms with Gasteiger partial charge in [-0.1, -0.05) is 0 Å². The number of rotatable bonds is 3. The van der Waals surface area contributed by atoms with Crippen LogP contribution >= 0.6 is 0 Å². The summed E-state index contributed by atoms with van der Waals surface area (Å²) in [6.45, 7) is 0. The molecule has 0 bridgehead atoms. The largest absolute Gasteiger partial charge is 1.00 e. The summed E-state index contributed by atoms with van der Waals surface area (Å²) in [6.07, 6.45) is 0. The fourth-order valence-corrected chi connectivity index (χ4v) is 1.44. The van der Waals surface area contributed by atoms with E-state index in [1.54, 1.807) is 0 Å². The summed E-state index contributed by atoms with van der Waals surface area (Å²) in [7, 11) is 0. The number of alkyl halides is 4. The van der Waals surface area contributed by atoms with Crippen molar-refractivity contribution >= 4 is 11.1 Å². The smallest absolute Gasteiger partial charge is 0.768 e. The molecule has 1 unspecified atom stereocenters. The monoisotopic (exact) mass is 394 g/mol. The van der Waals surface area contributed by atoms with Crippen LogP contribution in [0.3, 0.4) is 0 Å². The third kappa shape index (κ3) is 2.91. The molecule has 1 aromatic carbocycles. The topological polar surface area (TPSA) is 40.1 Å². The van der Waals surface area contributed by atoms with E-state index in [0.717, 1.165) is 0 Å². The quantitative estimate of drug-likeness (QED) is 0.260. The minimum absolute atomic E-state index is 0. The van der Waals surface area contributed by atoms with Crippen molar-refractivity contribution in [3.63, 3.8) is 0 Å². The molecule has 0 aromatic heterocycles. The Morgan fingerprint density at radius 2 is 1.05 bits per heavy atom. The van der Waals surface area contributed by atoms with Crippen LogP contribution in [0.15, 0.2) is 0 Å². The van der Waals surface area contributed by atoms with Crippen LogP contribution in [0.2, 0.25) is 0 Å². The summed E-state index contributed by atoms with van der Waals surface area (Å²) in [5, 5.41) is -6.09. The number of halogens is 9. The molecule has 0 N–H and O–H groups in total. The zero-order chi connectivity index (χ0) is 16.0. The van der Waals surface area contributed by atoms with E-state index in [4.69, 9.17) is 0 Å². The Kier molecular flexibility index (Phi) is 5.92. The molecule has 0 amide bonds. The Labute approximate surface area is 123 Å². The molecular formula is C8CuF9O2S. The number of hydrogen-bond donors (Lipinski definition) is 0. The van der Waals surface area contributed by atoms with Crippen molar-refractivity contribution in [3.05, 3.63) is 34.6 Å². The van der Waals surface area contributed by atoms with Gasteiger partial charge in [0.25, 0.3) is 0 Å². The molecule has 1 rings (SSSR count). The van der Waals surface area contributed by atoms with Crippen molar-refractivity contribution in [3.8, 4) is 0 Å². The maximum Gasteiger partial charge on any atom is 1.00 e. The number of benzene rings is 1. The van der Waals surface area contributed by atoms with Crippen LogP contribution in [0.1, 0.15) is 5.56 Å². The van der Waals surface area contributed by atoms with E-state index in [1.807, 2.05) is 0 Å². The maximum absolute atomic E-state index is 13.1. The third-order valence-corrected chi connectivity index (χ3v) is 2.77. The van der Waals surface area contributed by atoms with Crippen LogP contribution < -0.4 is 0 Å². The first kappa shape index (κ1) is 20.2. The minimum atomic E-state index is -6.18. The van der Waals surface area contributed by atoms with Crippen LogP contribution in [0, 0.1) is 29.1 Å². The van der Waals surface area contributed by atoms with E-state index in [1.165, 1.54) is 0 Å². The third-order valence-electron chi connectivity index (χ3n) is 2.10. The van der Waals surface area contributed by atoms with Crippen molar-refractivity contribution in [2.45, 2.75) is 11.2 Å². The fraction of sp³-hybridized carbons (Fsp3) is 0.250. The SMILES string of the molecule is O=S([O-])C(F)(F)C(F)(F)c1c(F)c(F)c(F)c(F)c1F.[Cu+]. The molecule has 0 heterocycles. The average molecular weight is 395 g/mol. The zero-order valence-corrected chi connectivity index (χ0v) is 10.7. The molecule has 0 spiro atoms. The van der Waals surface area contributed by atoms with Crippen LogP contribution in [-0.4, -0.2) is 14.0 Å². The van der Waals surface area contributed by atoms with Crippen molar-refractivity contribution in [2.24, 2.45) is 0 Å². The van der Waals surface area contributed by atoms with Crippen LogP contribution in [0.25, 0.3) is 0 Å². The zero-order valence-electron chi connectivity index (χ0n) is 8.93. The van der Waals surface area contributed by atoms with Gasteiger partial charge in [-0.25, -0.2) is 22.0 Å². The standard InChI is InChI=1S/C8HF9O2S.Cu/c9-2-1(3(10)5(12)6(13)4(2)11)7(14,15)8(16,17)20(18)19;/h(H,18,19);/q;+1/p-1. The van der Waals surface area contributed by atoms with E-state index < -0.39 is 56.9 Å². The summed E-state index contributed by atoms with van der Waals surface area (Å²) in [4.78, 5) is 0. The summed E-state index contributed by atoms with van der Waals surface area (Å²) >= 11 is -4.89. The average Bonchev–Trinajstić information content (AvgIpc) is 2.33. The van der Waals surface area contributed by atoms with E-state index in [0.29, 0.717) is 0 Å². The molecule has 0 aliphatic rings. The molecule has 0 fully saturated rings. The van der Waals surface area contributed by atoms with Crippen LogP contribution in [0.5, 0.6) is 0 Å². The second kappa shape index (κ2) is 6.15. The van der Waals surface area contributed by atoms with E-state index >= 15 is 0 Å². The molecular weight excluding hydrogens is 395 g/mol. The first-order valence-corrected chi connectivity index (χ1v) is 5.31. The first-order valence-electron chi connectivity index (χ1n) is 4.24. The van der Waals surface area contributed by atoms with Gasteiger partial charge in [-0.05, 0) is 0 Å². The van der Waals surface area contributed by atoms with Gasteiger partial charge in [0.1, 0.15) is 5.56 Å². The molecule has 124 valence electrons. The van der Waals surface area contributed by atoms with Gasteiger partial charge in [0.15, 0.2) is 23.3 Å². The van der Waals surface area contributed by atoms with Crippen molar-refractivity contribution in [1.29, 1.82) is 0 Å². The van der Waals surface area contributed by atoms with Crippen molar-refractivity contribution in [1.82, 2.24) is 0 Å². The van der Waals surface area contributed by atoms with Crippen molar-refractivity contribution < 1.29 is 65.3 Å². The van der Waals surface area contributed by atoms with Gasteiger partial charge >= 0.3 is 28.2 Å². The molecule has 21 heavy (non-hydrogen) atoms. The van der Waals surface area contributed by atoms with Gasteiger partial charge in [-0.3, -0.25) is 4.21 Å². The van der Waals surface area contributed by atoms with Crippen LogP contribution in [0.4, 0.5) is 39.5 Å². The molecule has 1 aromatic rings. The van der Waals surface area contributed by atoms with Gasteiger partial charge in [0, 0.05) is 11.1 Å².